The number of nitrogens with zero attached hydrogens (tertiary/aromatic N) is 5. The van der Waals surface area contributed by atoms with E-state index in [4.69, 9.17) is 4.74 Å². The molecule has 1 amide bonds. The monoisotopic (exact) mass is 433 g/mol. The average Bonchev–Trinajstić information content (AvgIpc) is 3.20. The first kappa shape index (κ1) is 20.6. The smallest absolute Gasteiger partial charge is 0.451 e. The van der Waals surface area contributed by atoms with Crippen molar-refractivity contribution in [2.24, 2.45) is 0 Å². The van der Waals surface area contributed by atoms with Crippen LogP contribution in [0.2, 0.25) is 0 Å². The van der Waals surface area contributed by atoms with Crippen LogP contribution in [0.15, 0.2) is 47.4 Å². The minimum absolute atomic E-state index is 0.0514. The third-order valence-corrected chi connectivity index (χ3v) is 5.21. The van der Waals surface area contributed by atoms with Gasteiger partial charge in [0.1, 0.15) is 5.75 Å². The van der Waals surface area contributed by atoms with Crippen molar-refractivity contribution in [3.05, 3.63) is 70.2 Å². The van der Waals surface area contributed by atoms with Crippen molar-refractivity contribution in [3.63, 3.8) is 0 Å². The van der Waals surface area contributed by atoms with Crippen LogP contribution in [0.1, 0.15) is 35.0 Å². The SMILES string of the molecule is COc1ccc(-n2cc(C(=O)N3CCn4c(nnc4C(F)(F)F)C3C)ccc2=O)cc1. The summed E-state index contributed by atoms with van der Waals surface area (Å²) < 4.78 is 46.7. The van der Waals surface area contributed by atoms with Gasteiger partial charge in [-0.1, -0.05) is 0 Å². The first-order valence-electron chi connectivity index (χ1n) is 9.39. The maximum absolute atomic E-state index is 13.1. The highest BCUT2D eigenvalue weighted by Gasteiger charge is 2.41. The Morgan fingerprint density at radius 3 is 2.45 bits per heavy atom. The van der Waals surface area contributed by atoms with Crippen LogP contribution in [-0.4, -0.2) is 43.8 Å². The van der Waals surface area contributed by atoms with Gasteiger partial charge in [-0.15, -0.1) is 10.2 Å². The zero-order valence-corrected chi connectivity index (χ0v) is 16.6. The molecule has 1 atom stereocenters. The van der Waals surface area contributed by atoms with Gasteiger partial charge in [0, 0.05) is 31.0 Å². The molecule has 0 bridgehead atoms. The Hall–Kier alpha value is -3.63. The van der Waals surface area contributed by atoms with Crippen LogP contribution in [0, 0.1) is 0 Å². The molecule has 162 valence electrons. The van der Waals surface area contributed by atoms with E-state index in [0.717, 1.165) is 4.57 Å². The van der Waals surface area contributed by atoms with Crippen molar-refractivity contribution in [2.75, 3.05) is 13.7 Å². The Morgan fingerprint density at radius 2 is 1.81 bits per heavy atom. The Morgan fingerprint density at radius 1 is 1.10 bits per heavy atom. The van der Waals surface area contributed by atoms with Crippen LogP contribution in [-0.2, 0) is 12.7 Å². The maximum atomic E-state index is 13.1. The van der Waals surface area contributed by atoms with Gasteiger partial charge in [0.05, 0.1) is 18.7 Å². The standard InChI is InChI=1S/C20H18F3N5O3/c1-12-17-24-25-19(20(21,22)23)27(17)10-9-26(12)18(30)13-3-8-16(29)28(11-13)14-4-6-15(31-2)7-5-14/h3-8,11-12H,9-10H2,1-2H3. The second kappa shape index (κ2) is 7.56. The molecule has 31 heavy (non-hydrogen) atoms. The van der Waals surface area contributed by atoms with E-state index in [-0.39, 0.29) is 30.0 Å². The summed E-state index contributed by atoms with van der Waals surface area (Å²) in [6, 6.07) is 8.69. The van der Waals surface area contributed by atoms with Gasteiger partial charge < -0.3 is 14.2 Å². The number of methoxy groups -OCH3 is 1. The molecule has 3 aromatic rings. The van der Waals surface area contributed by atoms with E-state index in [9.17, 15) is 22.8 Å². The number of carbonyl (C=O) groups is 1. The number of fused-ring (bicyclic) bond motifs is 1. The van der Waals surface area contributed by atoms with E-state index in [1.165, 1.54) is 34.9 Å². The van der Waals surface area contributed by atoms with E-state index in [2.05, 4.69) is 10.2 Å². The Kier molecular flexibility index (Phi) is 5.03. The topological polar surface area (TPSA) is 82.2 Å². The number of hydrogen-bond donors (Lipinski definition) is 0. The van der Waals surface area contributed by atoms with E-state index in [1.54, 1.807) is 31.2 Å². The Labute approximate surface area is 174 Å². The van der Waals surface area contributed by atoms with Gasteiger partial charge >= 0.3 is 6.18 Å². The molecule has 11 heteroatoms. The fourth-order valence-corrected chi connectivity index (χ4v) is 3.60. The van der Waals surface area contributed by atoms with Crippen molar-refractivity contribution < 1.29 is 22.7 Å². The zero-order chi connectivity index (χ0) is 22.3. The minimum Gasteiger partial charge on any atom is -0.497 e. The third kappa shape index (κ3) is 3.66. The summed E-state index contributed by atoms with van der Waals surface area (Å²) in [6.07, 6.45) is -3.20. The van der Waals surface area contributed by atoms with E-state index in [1.807, 2.05) is 0 Å². The van der Waals surface area contributed by atoms with Crippen LogP contribution in [0.25, 0.3) is 5.69 Å². The molecule has 3 heterocycles. The number of hydrogen-bond acceptors (Lipinski definition) is 5. The van der Waals surface area contributed by atoms with Crippen LogP contribution < -0.4 is 10.3 Å². The fraction of sp³-hybridized carbons (Fsp3) is 0.300. The van der Waals surface area contributed by atoms with Gasteiger partial charge in [-0.3, -0.25) is 14.2 Å². The predicted molar refractivity (Wildman–Crippen MR) is 103 cm³/mol. The first-order valence-corrected chi connectivity index (χ1v) is 9.39. The molecular weight excluding hydrogens is 415 g/mol. The fourth-order valence-electron chi connectivity index (χ4n) is 3.60. The number of benzene rings is 1. The van der Waals surface area contributed by atoms with Crippen molar-refractivity contribution in [1.82, 2.24) is 24.2 Å². The first-order chi connectivity index (χ1) is 14.7. The molecule has 0 saturated heterocycles. The highest BCUT2D eigenvalue weighted by molar-refractivity contribution is 5.94. The van der Waals surface area contributed by atoms with Crippen LogP contribution in [0.5, 0.6) is 5.75 Å². The summed E-state index contributed by atoms with van der Waals surface area (Å²) in [5.41, 5.74) is 0.441. The lowest BCUT2D eigenvalue weighted by molar-refractivity contribution is -0.148. The second-order valence-electron chi connectivity index (χ2n) is 7.03. The molecule has 1 aliphatic rings. The highest BCUT2D eigenvalue weighted by Crippen LogP contribution is 2.33. The number of halogens is 3. The number of pyridine rings is 1. The molecular formula is C20H18F3N5O3. The largest absolute Gasteiger partial charge is 0.497 e. The Bertz CT molecular complexity index is 1180. The lowest BCUT2D eigenvalue weighted by Gasteiger charge is -2.34. The van der Waals surface area contributed by atoms with E-state index >= 15 is 0 Å². The van der Waals surface area contributed by atoms with Crippen molar-refractivity contribution >= 4 is 5.91 Å². The summed E-state index contributed by atoms with van der Waals surface area (Å²) in [4.78, 5) is 26.9. The number of amides is 1. The van der Waals surface area contributed by atoms with Crippen molar-refractivity contribution in [3.8, 4) is 11.4 Å². The molecule has 2 aromatic heterocycles. The molecule has 4 rings (SSSR count). The molecule has 1 aromatic carbocycles. The molecule has 1 aliphatic heterocycles. The molecule has 0 N–H and O–H groups in total. The molecule has 0 radical (unpaired) electrons. The minimum atomic E-state index is -4.62. The van der Waals surface area contributed by atoms with E-state index in [0.29, 0.717) is 11.4 Å². The van der Waals surface area contributed by atoms with Crippen molar-refractivity contribution in [2.45, 2.75) is 25.7 Å². The summed E-state index contributed by atoms with van der Waals surface area (Å²) in [7, 11) is 1.53. The Balaban J connectivity index is 1.64. The van der Waals surface area contributed by atoms with Gasteiger partial charge in [-0.05, 0) is 37.3 Å². The normalized spacial score (nSPS) is 16.2. The number of ether oxygens (including phenoxy) is 1. The summed E-state index contributed by atoms with van der Waals surface area (Å²) in [6.45, 7) is 1.57. The third-order valence-electron chi connectivity index (χ3n) is 5.21. The second-order valence-corrected chi connectivity index (χ2v) is 7.03. The number of rotatable bonds is 3. The van der Waals surface area contributed by atoms with Crippen LogP contribution in [0.3, 0.4) is 0 Å². The molecule has 0 aliphatic carbocycles. The van der Waals surface area contributed by atoms with Crippen LogP contribution >= 0.6 is 0 Å². The van der Waals surface area contributed by atoms with Gasteiger partial charge in [-0.25, -0.2) is 0 Å². The van der Waals surface area contributed by atoms with Gasteiger partial charge in [0.25, 0.3) is 11.5 Å². The summed E-state index contributed by atoms with van der Waals surface area (Å²) >= 11 is 0. The van der Waals surface area contributed by atoms with Gasteiger partial charge in [0.2, 0.25) is 5.82 Å². The van der Waals surface area contributed by atoms with Gasteiger partial charge in [0.15, 0.2) is 5.82 Å². The van der Waals surface area contributed by atoms with Gasteiger partial charge in [-0.2, -0.15) is 13.2 Å². The predicted octanol–water partition coefficient (Wildman–Crippen LogP) is 2.67. The number of alkyl halides is 3. The molecule has 8 nitrogen and oxygen atoms in total. The quantitative estimate of drug-likeness (QED) is 0.634. The van der Waals surface area contributed by atoms with Crippen molar-refractivity contribution in [1.29, 1.82) is 0 Å². The van der Waals surface area contributed by atoms with Crippen LogP contribution in [0.4, 0.5) is 13.2 Å². The zero-order valence-electron chi connectivity index (χ0n) is 16.6. The molecule has 0 fully saturated rings. The lowest BCUT2D eigenvalue weighted by Crippen LogP contribution is -2.42. The lowest BCUT2D eigenvalue weighted by atomic mass is 10.1. The maximum Gasteiger partial charge on any atom is 0.451 e. The molecule has 0 spiro atoms. The molecule has 1 unspecified atom stereocenters. The average molecular weight is 433 g/mol. The number of carbonyl (C=O) groups excluding carboxylic acids is 1. The highest BCUT2D eigenvalue weighted by atomic mass is 19.4. The number of aromatic nitrogens is 4. The summed E-state index contributed by atoms with van der Waals surface area (Å²) in [5.74, 6) is -0.809. The summed E-state index contributed by atoms with van der Waals surface area (Å²) in [5, 5.41) is 6.92. The molecule has 0 saturated carbocycles. The van der Waals surface area contributed by atoms with E-state index < -0.39 is 23.9 Å².